The number of rotatable bonds is 11. The van der Waals surface area contributed by atoms with Crippen LogP contribution in [-0.4, -0.2) is 28.1 Å². The monoisotopic (exact) mass is 306 g/mol. The molecule has 0 aliphatic heterocycles. The predicted molar refractivity (Wildman–Crippen MR) is 78.4 cm³/mol. The van der Waals surface area contributed by atoms with Crippen LogP contribution in [0.4, 0.5) is 0 Å². The molecule has 0 fully saturated rings. The Hall–Kier alpha value is -0.690. The van der Waals surface area contributed by atoms with Gasteiger partial charge >= 0.3 is 5.97 Å². The first-order valence-electron chi connectivity index (χ1n) is 7.47. The SMILES string of the molecule is CCC(C)(C)OOC(CC)(CC(=O)O)OOC(C)(C)CC. The highest BCUT2D eigenvalue weighted by Gasteiger charge is 2.40. The highest BCUT2D eigenvalue weighted by Crippen LogP contribution is 2.29. The van der Waals surface area contributed by atoms with Gasteiger partial charge in [0.1, 0.15) is 6.42 Å². The minimum Gasteiger partial charge on any atom is -0.481 e. The molecular formula is C15H30O6. The third-order valence-corrected chi connectivity index (χ3v) is 3.50. The maximum Gasteiger partial charge on any atom is 0.309 e. The van der Waals surface area contributed by atoms with Crippen molar-refractivity contribution in [2.75, 3.05) is 0 Å². The van der Waals surface area contributed by atoms with Gasteiger partial charge in [-0.2, -0.15) is 9.78 Å². The van der Waals surface area contributed by atoms with Crippen LogP contribution < -0.4 is 0 Å². The summed E-state index contributed by atoms with van der Waals surface area (Å²) in [6, 6.07) is 0. The number of hydrogen-bond acceptors (Lipinski definition) is 5. The Balaban J connectivity index is 4.94. The third kappa shape index (κ3) is 7.76. The molecule has 0 aliphatic rings. The van der Waals surface area contributed by atoms with Gasteiger partial charge in [-0.3, -0.25) is 4.79 Å². The van der Waals surface area contributed by atoms with Crippen LogP contribution in [0.15, 0.2) is 0 Å². The molecule has 0 spiro atoms. The molecule has 21 heavy (non-hydrogen) atoms. The Bertz CT molecular complexity index is 304. The first-order chi connectivity index (χ1) is 9.51. The summed E-state index contributed by atoms with van der Waals surface area (Å²) < 4.78 is 0. The van der Waals surface area contributed by atoms with E-state index in [-0.39, 0.29) is 12.8 Å². The lowest BCUT2D eigenvalue weighted by Gasteiger charge is -2.35. The summed E-state index contributed by atoms with van der Waals surface area (Å²) in [5, 5.41) is 9.08. The summed E-state index contributed by atoms with van der Waals surface area (Å²) in [6.45, 7) is 13.1. The highest BCUT2D eigenvalue weighted by atomic mass is 17.3. The van der Waals surface area contributed by atoms with Crippen molar-refractivity contribution in [3.05, 3.63) is 0 Å². The quantitative estimate of drug-likeness (QED) is 0.355. The molecule has 0 aromatic rings. The van der Waals surface area contributed by atoms with E-state index in [0.717, 1.165) is 0 Å². The van der Waals surface area contributed by atoms with Gasteiger partial charge in [-0.05, 0) is 40.5 Å². The van der Waals surface area contributed by atoms with E-state index in [1.807, 2.05) is 41.5 Å². The van der Waals surface area contributed by atoms with Gasteiger partial charge in [0.05, 0.1) is 11.2 Å². The molecule has 126 valence electrons. The molecule has 0 heterocycles. The molecule has 0 aromatic carbocycles. The van der Waals surface area contributed by atoms with Gasteiger partial charge in [-0.15, -0.1) is 0 Å². The fraction of sp³-hybridized carbons (Fsp3) is 0.933. The molecule has 0 rings (SSSR count). The van der Waals surface area contributed by atoms with Crippen LogP contribution in [0, 0.1) is 0 Å². The average Bonchev–Trinajstić information content (AvgIpc) is 2.42. The lowest BCUT2D eigenvalue weighted by molar-refractivity contribution is -0.543. The van der Waals surface area contributed by atoms with Crippen LogP contribution in [0.1, 0.15) is 74.1 Å². The third-order valence-electron chi connectivity index (χ3n) is 3.50. The molecule has 0 aliphatic carbocycles. The molecule has 0 saturated carbocycles. The van der Waals surface area contributed by atoms with E-state index >= 15 is 0 Å². The summed E-state index contributed by atoms with van der Waals surface area (Å²) in [5.74, 6) is -2.52. The zero-order valence-corrected chi connectivity index (χ0v) is 14.3. The van der Waals surface area contributed by atoms with E-state index in [9.17, 15) is 4.79 Å². The van der Waals surface area contributed by atoms with Gasteiger partial charge in [-0.25, -0.2) is 9.78 Å². The molecule has 6 nitrogen and oxygen atoms in total. The van der Waals surface area contributed by atoms with Crippen molar-refractivity contribution in [3.63, 3.8) is 0 Å². The van der Waals surface area contributed by atoms with Crippen LogP contribution >= 0.6 is 0 Å². The van der Waals surface area contributed by atoms with Crippen LogP contribution in [0.5, 0.6) is 0 Å². The highest BCUT2D eigenvalue weighted by molar-refractivity contribution is 5.67. The second kappa shape index (κ2) is 8.08. The predicted octanol–water partition coefficient (Wildman–Crippen LogP) is 3.84. The molecule has 0 saturated heterocycles. The molecule has 0 bridgehead atoms. The van der Waals surface area contributed by atoms with Crippen molar-refractivity contribution in [1.29, 1.82) is 0 Å². The maximum atomic E-state index is 11.1. The van der Waals surface area contributed by atoms with E-state index in [0.29, 0.717) is 12.8 Å². The van der Waals surface area contributed by atoms with Crippen molar-refractivity contribution in [2.24, 2.45) is 0 Å². The van der Waals surface area contributed by atoms with Gasteiger partial charge in [0.2, 0.25) is 5.79 Å². The zero-order valence-electron chi connectivity index (χ0n) is 14.3. The normalized spacial score (nSPS) is 13.5. The Morgan fingerprint density at radius 1 is 0.810 bits per heavy atom. The number of hydrogen-bond donors (Lipinski definition) is 1. The summed E-state index contributed by atoms with van der Waals surface area (Å²) >= 11 is 0. The number of aliphatic carboxylic acids is 1. The molecular weight excluding hydrogens is 276 g/mol. The molecule has 0 atom stereocenters. The maximum absolute atomic E-state index is 11.1. The van der Waals surface area contributed by atoms with E-state index in [1.165, 1.54) is 0 Å². The van der Waals surface area contributed by atoms with Crippen LogP contribution in [0.3, 0.4) is 0 Å². The van der Waals surface area contributed by atoms with Crippen molar-refractivity contribution in [3.8, 4) is 0 Å². The first kappa shape index (κ1) is 20.3. The molecule has 6 heteroatoms. The van der Waals surface area contributed by atoms with Crippen molar-refractivity contribution in [2.45, 2.75) is 91.1 Å². The van der Waals surface area contributed by atoms with E-state index in [2.05, 4.69) is 0 Å². The second-order valence-corrected chi connectivity index (χ2v) is 6.39. The molecule has 0 aromatic heterocycles. The number of carboxylic acid groups (broad SMARTS) is 1. The Morgan fingerprint density at radius 2 is 1.19 bits per heavy atom. The second-order valence-electron chi connectivity index (χ2n) is 6.39. The molecule has 0 unspecified atom stereocenters. The first-order valence-corrected chi connectivity index (χ1v) is 7.47. The van der Waals surface area contributed by atoms with E-state index in [1.54, 1.807) is 6.92 Å². The zero-order chi connectivity index (χ0) is 16.7. The van der Waals surface area contributed by atoms with Gasteiger partial charge in [0.25, 0.3) is 0 Å². The lowest BCUT2D eigenvalue weighted by atomic mass is 10.1. The summed E-state index contributed by atoms with van der Waals surface area (Å²) in [4.78, 5) is 32.5. The van der Waals surface area contributed by atoms with Gasteiger partial charge in [0, 0.05) is 6.42 Å². The van der Waals surface area contributed by atoms with E-state index in [4.69, 9.17) is 24.7 Å². The van der Waals surface area contributed by atoms with Crippen LogP contribution in [-0.2, 0) is 24.3 Å². The molecule has 0 amide bonds. The van der Waals surface area contributed by atoms with Crippen molar-refractivity contribution in [1.82, 2.24) is 0 Å². The van der Waals surface area contributed by atoms with Gasteiger partial charge < -0.3 is 5.11 Å². The lowest BCUT2D eigenvalue weighted by Crippen LogP contribution is -2.43. The topological polar surface area (TPSA) is 74.2 Å². The number of carbonyl (C=O) groups is 1. The standard InChI is InChI=1S/C15H30O6/c1-8-13(4,5)18-20-15(10-3,11-12(16)17)21-19-14(6,7)9-2/h8-11H2,1-7H3,(H,16,17). The molecule has 0 radical (unpaired) electrons. The Labute approximate surface area is 127 Å². The summed E-state index contributed by atoms with van der Waals surface area (Å²) in [6.07, 6.45) is 1.32. The van der Waals surface area contributed by atoms with Crippen LogP contribution in [0.25, 0.3) is 0 Å². The fourth-order valence-corrected chi connectivity index (χ4v) is 1.04. The van der Waals surface area contributed by atoms with Crippen molar-refractivity contribution >= 4 is 5.97 Å². The molecule has 1 N–H and O–H groups in total. The summed E-state index contributed by atoms with van der Waals surface area (Å²) in [5.41, 5.74) is -1.08. The Morgan fingerprint density at radius 3 is 1.43 bits per heavy atom. The van der Waals surface area contributed by atoms with Gasteiger partial charge in [-0.1, -0.05) is 20.8 Å². The fourth-order valence-electron chi connectivity index (χ4n) is 1.04. The van der Waals surface area contributed by atoms with E-state index < -0.39 is 23.0 Å². The Kier molecular flexibility index (Phi) is 7.81. The van der Waals surface area contributed by atoms with Crippen molar-refractivity contribution < 1.29 is 29.5 Å². The smallest absolute Gasteiger partial charge is 0.309 e. The minimum atomic E-state index is -1.47. The largest absolute Gasteiger partial charge is 0.481 e. The summed E-state index contributed by atoms with van der Waals surface area (Å²) in [7, 11) is 0. The van der Waals surface area contributed by atoms with Gasteiger partial charge in [0.15, 0.2) is 0 Å². The number of carboxylic acids is 1. The van der Waals surface area contributed by atoms with Crippen LogP contribution in [0.2, 0.25) is 0 Å². The minimum absolute atomic E-state index is 0.277. The average molecular weight is 306 g/mol.